The zero-order valence-corrected chi connectivity index (χ0v) is 11.7. The summed E-state index contributed by atoms with van der Waals surface area (Å²) in [7, 11) is 3.19. The molecule has 18 heavy (non-hydrogen) atoms. The molecule has 1 unspecified atom stereocenters. The van der Waals surface area contributed by atoms with Crippen LogP contribution in [0.4, 0.5) is 0 Å². The molecule has 0 saturated heterocycles. The number of hydrogen-bond donors (Lipinski definition) is 1. The predicted octanol–water partition coefficient (Wildman–Crippen LogP) is 2.12. The van der Waals surface area contributed by atoms with Gasteiger partial charge < -0.3 is 14.8 Å². The van der Waals surface area contributed by atoms with Crippen molar-refractivity contribution in [3.63, 3.8) is 0 Å². The molecule has 1 atom stereocenters. The second-order valence-corrected chi connectivity index (χ2v) is 5.09. The highest BCUT2D eigenvalue weighted by Crippen LogP contribution is 2.22. The van der Waals surface area contributed by atoms with Crippen LogP contribution in [-0.4, -0.2) is 39.4 Å². The van der Waals surface area contributed by atoms with Gasteiger partial charge in [-0.25, -0.2) is 0 Å². The van der Waals surface area contributed by atoms with E-state index in [4.69, 9.17) is 9.47 Å². The molecule has 1 saturated carbocycles. The second-order valence-electron chi connectivity index (χ2n) is 5.09. The standard InChI is InChI=1S/C14H27NO3/c1-15-13(14(16)17-2)9-10-18-11-12-7-5-3-4-6-8-12/h12-13,15H,3-11H2,1-2H3. The smallest absolute Gasteiger partial charge is 0.322 e. The number of carbonyl (C=O) groups excluding carboxylic acids is 1. The molecule has 0 aromatic rings. The largest absolute Gasteiger partial charge is 0.468 e. The highest BCUT2D eigenvalue weighted by Gasteiger charge is 2.17. The maximum atomic E-state index is 11.3. The highest BCUT2D eigenvalue weighted by atomic mass is 16.5. The number of likely N-dealkylation sites (N-methyl/N-ethyl adjacent to an activating group) is 1. The molecule has 0 spiro atoms. The molecule has 1 aliphatic carbocycles. The van der Waals surface area contributed by atoms with Crippen LogP contribution in [0.3, 0.4) is 0 Å². The van der Waals surface area contributed by atoms with Crippen LogP contribution in [0.15, 0.2) is 0 Å². The van der Waals surface area contributed by atoms with Gasteiger partial charge in [-0.3, -0.25) is 4.79 Å². The number of carbonyl (C=O) groups is 1. The molecular weight excluding hydrogens is 230 g/mol. The summed E-state index contributed by atoms with van der Waals surface area (Å²) in [5.41, 5.74) is 0. The average Bonchev–Trinajstić information content (AvgIpc) is 2.66. The van der Waals surface area contributed by atoms with E-state index in [0.29, 0.717) is 13.0 Å². The molecule has 0 aromatic carbocycles. The fourth-order valence-electron chi connectivity index (χ4n) is 2.50. The quantitative estimate of drug-likeness (QED) is 0.431. The Bertz CT molecular complexity index is 225. The van der Waals surface area contributed by atoms with E-state index >= 15 is 0 Å². The number of rotatable bonds is 7. The Morgan fingerprint density at radius 2 is 1.94 bits per heavy atom. The van der Waals surface area contributed by atoms with E-state index in [1.54, 1.807) is 7.05 Å². The molecule has 0 aliphatic heterocycles. The van der Waals surface area contributed by atoms with E-state index in [1.165, 1.54) is 45.6 Å². The molecule has 4 nitrogen and oxygen atoms in total. The van der Waals surface area contributed by atoms with E-state index in [0.717, 1.165) is 12.5 Å². The molecule has 1 rings (SSSR count). The Balaban J connectivity index is 2.11. The maximum absolute atomic E-state index is 11.3. The summed E-state index contributed by atoms with van der Waals surface area (Å²) in [6, 6.07) is -0.246. The Kier molecular flexibility index (Phi) is 8.01. The van der Waals surface area contributed by atoms with E-state index < -0.39 is 0 Å². The van der Waals surface area contributed by atoms with Crippen LogP contribution in [0.2, 0.25) is 0 Å². The van der Waals surface area contributed by atoms with Crippen LogP contribution < -0.4 is 5.32 Å². The average molecular weight is 257 g/mol. The van der Waals surface area contributed by atoms with Crippen molar-refractivity contribution in [1.82, 2.24) is 5.32 Å². The normalized spacial score (nSPS) is 19.2. The first kappa shape index (κ1) is 15.4. The van der Waals surface area contributed by atoms with Crippen molar-refractivity contribution in [2.75, 3.05) is 27.4 Å². The third kappa shape index (κ3) is 5.83. The number of hydrogen-bond acceptors (Lipinski definition) is 4. The third-order valence-electron chi connectivity index (χ3n) is 3.71. The Morgan fingerprint density at radius 1 is 1.28 bits per heavy atom. The second kappa shape index (κ2) is 9.34. The minimum atomic E-state index is -0.246. The number of esters is 1. The van der Waals surface area contributed by atoms with Crippen molar-refractivity contribution < 1.29 is 14.3 Å². The molecule has 1 fully saturated rings. The van der Waals surface area contributed by atoms with Gasteiger partial charge in [0.1, 0.15) is 6.04 Å². The van der Waals surface area contributed by atoms with Gasteiger partial charge in [-0.05, 0) is 32.2 Å². The van der Waals surface area contributed by atoms with Gasteiger partial charge in [-0.2, -0.15) is 0 Å². The monoisotopic (exact) mass is 257 g/mol. The van der Waals surface area contributed by atoms with E-state index in [2.05, 4.69) is 5.32 Å². The van der Waals surface area contributed by atoms with E-state index in [1.807, 2.05) is 0 Å². The van der Waals surface area contributed by atoms with Gasteiger partial charge in [0.25, 0.3) is 0 Å². The lowest BCUT2D eigenvalue weighted by Crippen LogP contribution is -2.36. The van der Waals surface area contributed by atoms with Crippen molar-refractivity contribution in [1.29, 1.82) is 0 Å². The van der Waals surface area contributed by atoms with Gasteiger partial charge >= 0.3 is 5.97 Å². The minimum absolute atomic E-state index is 0.212. The van der Waals surface area contributed by atoms with Gasteiger partial charge in [0.05, 0.1) is 7.11 Å². The Labute approximate surface area is 110 Å². The van der Waals surface area contributed by atoms with Gasteiger partial charge in [-0.1, -0.05) is 25.7 Å². The van der Waals surface area contributed by atoms with Gasteiger partial charge in [0, 0.05) is 13.2 Å². The first-order valence-electron chi connectivity index (χ1n) is 7.10. The van der Waals surface area contributed by atoms with Crippen LogP contribution >= 0.6 is 0 Å². The van der Waals surface area contributed by atoms with Crippen molar-refractivity contribution in [3.8, 4) is 0 Å². The summed E-state index contributed by atoms with van der Waals surface area (Å²) >= 11 is 0. The lowest BCUT2D eigenvalue weighted by molar-refractivity contribution is -0.143. The van der Waals surface area contributed by atoms with Crippen molar-refractivity contribution >= 4 is 5.97 Å². The fourth-order valence-corrected chi connectivity index (χ4v) is 2.50. The third-order valence-corrected chi connectivity index (χ3v) is 3.71. The fraction of sp³-hybridized carbons (Fsp3) is 0.929. The van der Waals surface area contributed by atoms with Crippen molar-refractivity contribution in [2.45, 2.75) is 51.0 Å². The molecule has 1 aliphatic rings. The van der Waals surface area contributed by atoms with E-state index in [9.17, 15) is 4.79 Å². The first-order chi connectivity index (χ1) is 8.77. The number of methoxy groups -OCH3 is 1. The lowest BCUT2D eigenvalue weighted by Gasteiger charge is -2.16. The zero-order valence-electron chi connectivity index (χ0n) is 11.7. The molecule has 4 heteroatoms. The summed E-state index contributed by atoms with van der Waals surface area (Å²) in [4.78, 5) is 11.3. The molecule has 106 valence electrons. The molecule has 0 bridgehead atoms. The Morgan fingerprint density at radius 3 is 2.50 bits per heavy atom. The molecule has 0 aromatic heterocycles. The predicted molar refractivity (Wildman–Crippen MR) is 71.5 cm³/mol. The first-order valence-corrected chi connectivity index (χ1v) is 7.10. The molecule has 0 heterocycles. The van der Waals surface area contributed by atoms with Crippen LogP contribution in [0.5, 0.6) is 0 Å². The van der Waals surface area contributed by atoms with Crippen molar-refractivity contribution in [2.24, 2.45) is 5.92 Å². The maximum Gasteiger partial charge on any atom is 0.322 e. The van der Waals surface area contributed by atoms with Crippen LogP contribution in [0, 0.1) is 5.92 Å². The highest BCUT2D eigenvalue weighted by molar-refractivity contribution is 5.75. The number of nitrogens with one attached hydrogen (secondary N) is 1. The van der Waals surface area contributed by atoms with E-state index in [-0.39, 0.29) is 12.0 Å². The topological polar surface area (TPSA) is 47.6 Å². The zero-order chi connectivity index (χ0) is 13.2. The lowest BCUT2D eigenvalue weighted by atomic mass is 10.0. The molecule has 0 radical (unpaired) electrons. The van der Waals surface area contributed by atoms with Crippen LogP contribution in [0.1, 0.15) is 44.9 Å². The molecule has 0 amide bonds. The SMILES string of the molecule is CNC(CCOCC1CCCCCC1)C(=O)OC. The summed E-state index contributed by atoms with van der Waals surface area (Å²) < 4.78 is 10.4. The minimum Gasteiger partial charge on any atom is -0.468 e. The van der Waals surface area contributed by atoms with Crippen molar-refractivity contribution in [3.05, 3.63) is 0 Å². The van der Waals surface area contributed by atoms with Crippen LogP contribution in [-0.2, 0) is 14.3 Å². The van der Waals surface area contributed by atoms with Gasteiger partial charge in [0.15, 0.2) is 0 Å². The summed E-state index contributed by atoms with van der Waals surface area (Å²) in [6.45, 7) is 1.47. The summed E-state index contributed by atoms with van der Waals surface area (Å²) in [6.07, 6.45) is 8.71. The molecular formula is C14H27NO3. The summed E-state index contributed by atoms with van der Waals surface area (Å²) in [5, 5.41) is 2.95. The van der Waals surface area contributed by atoms with Gasteiger partial charge in [0.2, 0.25) is 0 Å². The van der Waals surface area contributed by atoms with Crippen LogP contribution in [0.25, 0.3) is 0 Å². The number of ether oxygens (including phenoxy) is 2. The summed E-state index contributed by atoms with van der Waals surface area (Å²) in [5.74, 6) is 0.509. The Hall–Kier alpha value is -0.610. The molecule has 1 N–H and O–H groups in total. The van der Waals surface area contributed by atoms with Gasteiger partial charge in [-0.15, -0.1) is 0 Å².